The van der Waals surface area contributed by atoms with Gasteiger partial charge < -0.3 is 5.73 Å². The minimum absolute atomic E-state index is 0.313. The van der Waals surface area contributed by atoms with Crippen LogP contribution in [0.25, 0.3) is 0 Å². The lowest BCUT2D eigenvalue weighted by molar-refractivity contribution is 0.916. The molecule has 2 aromatic rings. The highest BCUT2D eigenvalue weighted by atomic mass is 32.1. The van der Waals surface area contributed by atoms with E-state index >= 15 is 0 Å². The third-order valence-electron chi connectivity index (χ3n) is 2.43. The molecule has 15 heavy (non-hydrogen) atoms. The van der Waals surface area contributed by atoms with E-state index in [0.717, 1.165) is 5.69 Å². The third kappa shape index (κ3) is 1.99. The average molecular weight is 219 g/mol. The number of nitrogens with two attached hydrogens (primary N) is 1. The van der Waals surface area contributed by atoms with Crippen LogP contribution in [0.15, 0.2) is 24.5 Å². The van der Waals surface area contributed by atoms with Gasteiger partial charge in [0.05, 0.1) is 5.69 Å². The normalized spacial score (nSPS) is 12.7. The molecule has 0 aliphatic heterocycles. The van der Waals surface area contributed by atoms with Gasteiger partial charge in [-0.25, -0.2) is 4.98 Å². The van der Waals surface area contributed by atoms with E-state index < -0.39 is 0 Å². The first kappa shape index (κ1) is 10.1. The lowest BCUT2D eigenvalue weighted by Crippen LogP contribution is -1.95. The molecule has 2 N–H and O–H groups in total. The van der Waals surface area contributed by atoms with Crippen LogP contribution >= 0.6 is 11.3 Å². The van der Waals surface area contributed by atoms with Gasteiger partial charge in [-0.3, -0.25) is 4.98 Å². The number of pyridine rings is 1. The molecule has 0 radical (unpaired) electrons. The second-order valence-corrected chi connectivity index (χ2v) is 4.57. The van der Waals surface area contributed by atoms with Gasteiger partial charge >= 0.3 is 0 Å². The van der Waals surface area contributed by atoms with Crippen LogP contribution in [0, 0.1) is 6.92 Å². The van der Waals surface area contributed by atoms with Crippen LogP contribution in [0.2, 0.25) is 0 Å². The number of hydrogen-bond donors (Lipinski definition) is 1. The van der Waals surface area contributed by atoms with Gasteiger partial charge in [-0.1, -0.05) is 13.0 Å². The van der Waals surface area contributed by atoms with E-state index in [9.17, 15) is 0 Å². The molecule has 2 heterocycles. The molecule has 1 atom stereocenters. The zero-order valence-electron chi connectivity index (χ0n) is 8.77. The Kier molecular flexibility index (Phi) is 2.68. The first-order valence-electron chi connectivity index (χ1n) is 4.81. The number of rotatable bonds is 2. The Morgan fingerprint density at radius 1 is 1.47 bits per heavy atom. The van der Waals surface area contributed by atoms with Gasteiger partial charge in [-0.05, 0) is 18.6 Å². The fraction of sp³-hybridized carbons (Fsp3) is 0.273. The van der Waals surface area contributed by atoms with Gasteiger partial charge in [0.2, 0.25) is 0 Å². The van der Waals surface area contributed by atoms with Crippen LogP contribution in [0.5, 0.6) is 0 Å². The summed E-state index contributed by atoms with van der Waals surface area (Å²) < 4.78 is 0. The number of nitrogen functional groups attached to an aromatic ring is 1. The van der Waals surface area contributed by atoms with Crippen molar-refractivity contribution in [3.63, 3.8) is 0 Å². The van der Waals surface area contributed by atoms with Crippen LogP contribution in [0.3, 0.4) is 0 Å². The summed E-state index contributed by atoms with van der Waals surface area (Å²) in [4.78, 5) is 9.58. The zero-order chi connectivity index (χ0) is 10.8. The summed E-state index contributed by atoms with van der Waals surface area (Å²) in [6.07, 6.45) is 3.67. The molecule has 0 aliphatic carbocycles. The average Bonchev–Trinajstić information content (AvgIpc) is 2.58. The first-order chi connectivity index (χ1) is 7.18. The molecule has 2 rings (SSSR count). The number of nitrogens with zero attached hydrogens (tertiary/aromatic N) is 2. The van der Waals surface area contributed by atoms with Crippen molar-refractivity contribution in [3.8, 4) is 0 Å². The highest BCUT2D eigenvalue weighted by molar-refractivity contribution is 7.15. The maximum absolute atomic E-state index is 5.69. The molecule has 0 saturated heterocycles. The van der Waals surface area contributed by atoms with Gasteiger partial charge in [-0.15, -0.1) is 11.3 Å². The maximum atomic E-state index is 5.69. The van der Waals surface area contributed by atoms with Crippen molar-refractivity contribution < 1.29 is 0 Å². The van der Waals surface area contributed by atoms with Crippen LogP contribution in [0.1, 0.15) is 29.0 Å². The largest absolute Gasteiger partial charge is 0.375 e. The number of anilines is 1. The molecule has 3 nitrogen and oxygen atoms in total. The molecule has 1 unspecified atom stereocenters. The molecule has 0 bridgehead atoms. The van der Waals surface area contributed by atoms with E-state index in [1.54, 1.807) is 17.5 Å². The fourth-order valence-corrected chi connectivity index (χ4v) is 2.53. The van der Waals surface area contributed by atoms with Crippen molar-refractivity contribution in [2.24, 2.45) is 0 Å². The van der Waals surface area contributed by atoms with Gasteiger partial charge in [0, 0.05) is 23.2 Å². The Balaban J connectivity index is 2.36. The standard InChI is InChI=1S/C11H13N3S/c1-7(9-4-3-5-13-6-9)10-8(2)14-11(12)15-10/h3-7H,1-2H3,(H2,12,14). The monoisotopic (exact) mass is 219 g/mol. The summed E-state index contributed by atoms with van der Waals surface area (Å²) in [5.41, 5.74) is 7.91. The van der Waals surface area contributed by atoms with Gasteiger partial charge in [0.15, 0.2) is 5.13 Å². The molecule has 78 valence electrons. The number of hydrogen-bond acceptors (Lipinski definition) is 4. The molecule has 0 amide bonds. The van der Waals surface area contributed by atoms with Crippen molar-refractivity contribution in [2.45, 2.75) is 19.8 Å². The van der Waals surface area contributed by atoms with Crippen LogP contribution in [-0.4, -0.2) is 9.97 Å². The molecule has 0 spiro atoms. The lowest BCUT2D eigenvalue weighted by atomic mass is 10.0. The lowest BCUT2D eigenvalue weighted by Gasteiger charge is -2.09. The van der Waals surface area contributed by atoms with Gasteiger partial charge in [0.25, 0.3) is 0 Å². The smallest absolute Gasteiger partial charge is 0.180 e. The third-order valence-corrected chi connectivity index (χ3v) is 3.60. The van der Waals surface area contributed by atoms with Gasteiger partial charge in [0.1, 0.15) is 0 Å². The van der Waals surface area contributed by atoms with E-state index in [1.807, 2.05) is 19.2 Å². The van der Waals surface area contributed by atoms with E-state index in [0.29, 0.717) is 11.0 Å². The van der Waals surface area contributed by atoms with Crippen molar-refractivity contribution in [2.75, 3.05) is 5.73 Å². The Labute approximate surface area is 93.0 Å². The molecule has 0 aliphatic rings. The van der Waals surface area contributed by atoms with Crippen LogP contribution in [0.4, 0.5) is 5.13 Å². The quantitative estimate of drug-likeness (QED) is 0.844. The van der Waals surface area contributed by atoms with Crippen molar-refractivity contribution in [1.82, 2.24) is 9.97 Å². The second-order valence-electron chi connectivity index (χ2n) is 3.51. The summed E-state index contributed by atoms with van der Waals surface area (Å²) >= 11 is 1.56. The first-order valence-corrected chi connectivity index (χ1v) is 5.63. The summed E-state index contributed by atoms with van der Waals surface area (Å²) in [6.45, 7) is 4.14. The van der Waals surface area contributed by atoms with E-state index in [2.05, 4.69) is 23.0 Å². The van der Waals surface area contributed by atoms with E-state index in [-0.39, 0.29) is 0 Å². The fourth-order valence-electron chi connectivity index (χ4n) is 1.61. The molecule has 0 saturated carbocycles. The van der Waals surface area contributed by atoms with E-state index in [1.165, 1.54) is 10.4 Å². The minimum atomic E-state index is 0.313. The minimum Gasteiger partial charge on any atom is -0.375 e. The van der Waals surface area contributed by atoms with Crippen molar-refractivity contribution in [1.29, 1.82) is 0 Å². The number of thiazole rings is 1. The van der Waals surface area contributed by atoms with Gasteiger partial charge in [-0.2, -0.15) is 0 Å². The SMILES string of the molecule is Cc1nc(N)sc1C(C)c1cccnc1. The number of aromatic nitrogens is 2. The molecular formula is C11H13N3S. The number of aryl methyl sites for hydroxylation is 1. The maximum Gasteiger partial charge on any atom is 0.180 e. The topological polar surface area (TPSA) is 51.8 Å². The highest BCUT2D eigenvalue weighted by Gasteiger charge is 2.14. The Bertz CT molecular complexity index is 450. The second kappa shape index (κ2) is 3.98. The zero-order valence-corrected chi connectivity index (χ0v) is 9.58. The van der Waals surface area contributed by atoms with Crippen molar-refractivity contribution >= 4 is 16.5 Å². The Morgan fingerprint density at radius 3 is 2.80 bits per heavy atom. The predicted octanol–water partition coefficient (Wildman–Crippen LogP) is 2.58. The molecule has 0 aromatic carbocycles. The van der Waals surface area contributed by atoms with Crippen molar-refractivity contribution in [3.05, 3.63) is 40.7 Å². The molecule has 4 heteroatoms. The summed E-state index contributed by atoms with van der Waals surface area (Å²) in [5.74, 6) is 0.313. The summed E-state index contributed by atoms with van der Waals surface area (Å²) in [7, 11) is 0. The molecular weight excluding hydrogens is 206 g/mol. The molecule has 0 fully saturated rings. The van der Waals surface area contributed by atoms with E-state index in [4.69, 9.17) is 5.73 Å². The predicted molar refractivity (Wildman–Crippen MR) is 63.0 cm³/mol. The Hall–Kier alpha value is -1.42. The highest BCUT2D eigenvalue weighted by Crippen LogP contribution is 2.31. The van der Waals surface area contributed by atoms with Crippen LogP contribution < -0.4 is 5.73 Å². The van der Waals surface area contributed by atoms with Crippen LogP contribution in [-0.2, 0) is 0 Å². The molecule has 2 aromatic heterocycles. The summed E-state index contributed by atoms with van der Waals surface area (Å²) in [5, 5.41) is 0.637. The summed E-state index contributed by atoms with van der Waals surface area (Å²) in [6, 6.07) is 4.03. The Morgan fingerprint density at radius 2 is 2.27 bits per heavy atom.